The SMILES string of the molecule is CCN(CC)C(=O)c1cn(C2CCCN(Cc3cccc(Cl)c3)C2)nn1. The summed E-state index contributed by atoms with van der Waals surface area (Å²) < 4.78 is 1.86. The molecule has 3 rings (SSSR count). The summed E-state index contributed by atoms with van der Waals surface area (Å²) >= 11 is 6.09. The van der Waals surface area contributed by atoms with Gasteiger partial charge >= 0.3 is 0 Å². The smallest absolute Gasteiger partial charge is 0.276 e. The van der Waals surface area contributed by atoms with Gasteiger partial charge in [0.2, 0.25) is 0 Å². The first-order valence-corrected chi connectivity index (χ1v) is 9.66. The number of rotatable bonds is 6. The predicted octanol–water partition coefficient (Wildman–Crippen LogP) is 3.25. The molecule has 1 aromatic carbocycles. The topological polar surface area (TPSA) is 54.3 Å². The molecule has 0 N–H and O–H groups in total. The Labute approximate surface area is 159 Å². The minimum absolute atomic E-state index is 0.0483. The Balaban J connectivity index is 1.65. The number of aromatic nitrogens is 3. The quantitative estimate of drug-likeness (QED) is 0.777. The van der Waals surface area contributed by atoms with Crippen molar-refractivity contribution in [2.24, 2.45) is 0 Å². The molecule has 1 unspecified atom stereocenters. The van der Waals surface area contributed by atoms with E-state index in [1.54, 1.807) is 11.1 Å². The number of amides is 1. The Morgan fingerprint density at radius 2 is 2.15 bits per heavy atom. The van der Waals surface area contributed by atoms with Gasteiger partial charge in [-0.15, -0.1) is 5.10 Å². The number of hydrogen-bond acceptors (Lipinski definition) is 4. The summed E-state index contributed by atoms with van der Waals surface area (Å²) in [5.41, 5.74) is 1.65. The van der Waals surface area contributed by atoms with E-state index in [1.807, 2.05) is 36.7 Å². The van der Waals surface area contributed by atoms with Crippen molar-refractivity contribution in [2.75, 3.05) is 26.2 Å². The Hall–Kier alpha value is -1.92. The third kappa shape index (κ3) is 4.43. The fraction of sp³-hybridized carbons (Fsp3) is 0.526. The number of carbonyl (C=O) groups is 1. The van der Waals surface area contributed by atoms with E-state index in [0.29, 0.717) is 18.8 Å². The molecule has 7 heteroatoms. The molecule has 1 aliphatic rings. The lowest BCUT2D eigenvalue weighted by atomic mass is 10.0. The molecule has 1 fully saturated rings. The van der Waals surface area contributed by atoms with Gasteiger partial charge in [0.15, 0.2) is 5.69 Å². The lowest BCUT2D eigenvalue weighted by molar-refractivity contribution is 0.0767. The van der Waals surface area contributed by atoms with Gasteiger partial charge in [0, 0.05) is 31.2 Å². The van der Waals surface area contributed by atoms with Crippen LogP contribution >= 0.6 is 11.6 Å². The second-order valence-electron chi connectivity index (χ2n) is 6.72. The van der Waals surface area contributed by atoms with Crippen LogP contribution in [0.4, 0.5) is 0 Å². The Bertz CT molecular complexity index is 743. The number of nitrogens with zero attached hydrogens (tertiary/aromatic N) is 5. The molecule has 26 heavy (non-hydrogen) atoms. The Morgan fingerprint density at radius 1 is 1.35 bits per heavy atom. The average Bonchev–Trinajstić information content (AvgIpc) is 3.13. The molecule has 2 heterocycles. The van der Waals surface area contributed by atoms with Gasteiger partial charge in [-0.3, -0.25) is 9.69 Å². The zero-order valence-electron chi connectivity index (χ0n) is 15.4. The van der Waals surface area contributed by atoms with Crippen molar-refractivity contribution in [3.63, 3.8) is 0 Å². The zero-order valence-corrected chi connectivity index (χ0v) is 16.2. The number of halogens is 1. The van der Waals surface area contributed by atoms with Gasteiger partial charge in [-0.05, 0) is 50.9 Å². The highest BCUT2D eigenvalue weighted by Crippen LogP contribution is 2.23. The first-order valence-electron chi connectivity index (χ1n) is 9.28. The fourth-order valence-corrected chi connectivity index (χ4v) is 3.72. The normalized spacial score (nSPS) is 18.0. The number of piperidine rings is 1. The van der Waals surface area contributed by atoms with Crippen LogP contribution in [-0.2, 0) is 6.54 Å². The number of carbonyl (C=O) groups excluding carboxylic acids is 1. The van der Waals surface area contributed by atoms with E-state index in [-0.39, 0.29) is 11.9 Å². The van der Waals surface area contributed by atoms with Crippen LogP contribution in [-0.4, -0.2) is 56.9 Å². The standard InChI is InChI=1S/C19H26ClN5O/c1-3-24(4-2)19(26)18-14-25(22-21-18)17-9-6-10-23(13-17)12-15-7-5-8-16(20)11-15/h5,7-8,11,14,17H,3-4,6,9-10,12-13H2,1-2H3. The lowest BCUT2D eigenvalue weighted by Crippen LogP contribution is -2.36. The second kappa shape index (κ2) is 8.64. The highest BCUT2D eigenvalue weighted by Gasteiger charge is 2.24. The van der Waals surface area contributed by atoms with Crippen LogP contribution in [0, 0.1) is 0 Å². The van der Waals surface area contributed by atoms with Gasteiger partial charge in [-0.2, -0.15) is 0 Å². The molecule has 0 bridgehead atoms. The van der Waals surface area contributed by atoms with Crippen LogP contribution in [0.5, 0.6) is 0 Å². The van der Waals surface area contributed by atoms with E-state index in [2.05, 4.69) is 21.3 Å². The molecule has 0 aliphatic carbocycles. The van der Waals surface area contributed by atoms with Crippen LogP contribution in [0.3, 0.4) is 0 Å². The van der Waals surface area contributed by atoms with Crippen LogP contribution < -0.4 is 0 Å². The molecule has 6 nitrogen and oxygen atoms in total. The molecule has 0 radical (unpaired) electrons. The summed E-state index contributed by atoms with van der Waals surface area (Å²) in [5.74, 6) is -0.0483. The Morgan fingerprint density at radius 3 is 2.88 bits per heavy atom. The highest BCUT2D eigenvalue weighted by atomic mass is 35.5. The maximum Gasteiger partial charge on any atom is 0.276 e. The van der Waals surface area contributed by atoms with Crippen molar-refractivity contribution >= 4 is 17.5 Å². The molecule has 1 saturated heterocycles. The average molecular weight is 376 g/mol. The lowest BCUT2D eigenvalue weighted by Gasteiger charge is -2.32. The van der Waals surface area contributed by atoms with Gasteiger partial charge in [0.05, 0.1) is 12.2 Å². The largest absolute Gasteiger partial charge is 0.338 e. The van der Waals surface area contributed by atoms with E-state index in [1.165, 1.54) is 5.56 Å². The molecule has 1 atom stereocenters. The molecule has 140 valence electrons. The first kappa shape index (κ1) is 18.9. The third-order valence-electron chi connectivity index (χ3n) is 4.93. The Kier molecular flexibility index (Phi) is 6.27. The number of likely N-dealkylation sites (tertiary alicyclic amines) is 1. The summed E-state index contributed by atoms with van der Waals surface area (Å²) in [7, 11) is 0. The zero-order chi connectivity index (χ0) is 18.5. The maximum absolute atomic E-state index is 12.4. The molecular weight excluding hydrogens is 350 g/mol. The van der Waals surface area contributed by atoms with Crippen molar-refractivity contribution in [3.05, 3.63) is 46.7 Å². The molecule has 0 saturated carbocycles. The predicted molar refractivity (Wildman–Crippen MR) is 102 cm³/mol. The van der Waals surface area contributed by atoms with E-state index >= 15 is 0 Å². The second-order valence-corrected chi connectivity index (χ2v) is 7.16. The van der Waals surface area contributed by atoms with E-state index in [4.69, 9.17) is 11.6 Å². The number of hydrogen-bond donors (Lipinski definition) is 0. The minimum atomic E-state index is -0.0483. The first-order chi connectivity index (χ1) is 12.6. The van der Waals surface area contributed by atoms with Crippen LogP contribution in [0.2, 0.25) is 5.02 Å². The molecule has 1 aliphatic heterocycles. The molecule has 0 spiro atoms. The van der Waals surface area contributed by atoms with Crippen LogP contribution in [0.15, 0.2) is 30.5 Å². The van der Waals surface area contributed by atoms with E-state index in [0.717, 1.165) is 37.5 Å². The summed E-state index contributed by atoms with van der Waals surface area (Å²) in [6.07, 6.45) is 3.95. The van der Waals surface area contributed by atoms with Gasteiger partial charge < -0.3 is 4.90 Å². The summed E-state index contributed by atoms with van der Waals surface area (Å²) in [6, 6.07) is 8.25. The van der Waals surface area contributed by atoms with E-state index < -0.39 is 0 Å². The van der Waals surface area contributed by atoms with Gasteiger partial charge in [-0.25, -0.2) is 4.68 Å². The number of benzene rings is 1. The van der Waals surface area contributed by atoms with Crippen LogP contribution in [0.25, 0.3) is 0 Å². The summed E-state index contributed by atoms with van der Waals surface area (Å²) in [6.45, 7) is 8.13. The monoisotopic (exact) mass is 375 g/mol. The van der Waals surface area contributed by atoms with Crippen molar-refractivity contribution in [1.29, 1.82) is 0 Å². The molecular formula is C19H26ClN5O. The molecule has 1 amide bonds. The minimum Gasteiger partial charge on any atom is -0.338 e. The maximum atomic E-state index is 12.4. The van der Waals surface area contributed by atoms with E-state index in [9.17, 15) is 4.79 Å². The molecule has 2 aromatic rings. The third-order valence-corrected chi connectivity index (χ3v) is 5.17. The highest BCUT2D eigenvalue weighted by molar-refractivity contribution is 6.30. The summed E-state index contributed by atoms with van der Waals surface area (Å²) in [5, 5.41) is 9.12. The molecule has 1 aromatic heterocycles. The van der Waals surface area contributed by atoms with Gasteiger partial charge in [0.25, 0.3) is 5.91 Å². The van der Waals surface area contributed by atoms with Crippen molar-refractivity contribution in [1.82, 2.24) is 24.8 Å². The van der Waals surface area contributed by atoms with Crippen molar-refractivity contribution < 1.29 is 4.79 Å². The van der Waals surface area contributed by atoms with Crippen molar-refractivity contribution in [3.8, 4) is 0 Å². The van der Waals surface area contributed by atoms with Crippen LogP contribution in [0.1, 0.15) is 48.8 Å². The van der Waals surface area contributed by atoms with Gasteiger partial charge in [0.1, 0.15) is 0 Å². The van der Waals surface area contributed by atoms with Gasteiger partial charge in [-0.1, -0.05) is 28.9 Å². The fourth-order valence-electron chi connectivity index (χ4n) is 3.51. The summed E-state index contributed by atoms with van der Waals surface area (Å²) in [4.78, 5) is 16.6. The van der Waals surface area contributed by atoms with Crippen molar-refractivity contribution in [2.45, 2.75) is 39.3 Å².